The SMILES string of the molecule is CC(Oc1cccc(C#N)c1)C(=O)Nc1nc2ccccc2s1. The largest absolute Gasteiger partial charge is 0.481 e. The van der Waals surface area contributed by atoms with E-state index in [9.17, 15) is 4.79 Å². The molecule has 0 bridgehead atoms. The van der Waals surface area contributed by atoms with Gasteiger partial charge in [0, 0.05) is 0 Å². The molecule has 1 amide bonds. The topological polar surface area (TPSA) is 75.0 Å². The van der Waals surface area contributed by atoms with Crippen molar-refractivity contribution in [2.75, 3.05) is 5.32 Å². The smallest absolute Gasteiger partial charge is 0.266 e. The Labute approximate surface area is 137 Å². The van der Waals surface area contributed by atoms with Crippen LogP contribution in [0.15, 0.2) is 48.5 Å². The van der Waals surface area contributed by atoms with E-state index >= 15 is 0 Å². The number of ether oxygens (including phenoxy) is 1. The third-order valence-corrected chi connectivity index (χ3v) is 4.12. The highest BCUT2D eigenvalue weighted by molar-refractivity contribution is 7.22. The molecule has 5 nitrogen and oxygen atoms in total. The van der Waals surface area contributed by atoms with Crippen molar-refractivity contribution in [1.82, 2.24) is 4.98 Å². The summed E-state index contributed by atoms with van der Waals surface area (Å²) in [5.41, 5.74) is 1.34. The molecule has 0 saturated carbocycles. The predicted octanol–water partition coefficient (Wildman–Crippen LogP) is 3.57. The van der Waals surface area contributed by atoms with Crippen LogP contribution in [-0.4, -0.2) is 17.0 Å². The zero-order chi connectivity index (χ0) is 16.2. The summed E-state index contributed by atoms with van der Waals surface area (Å²) < 4.78 is 6.59. The van der Waals surface area contributed by atoms with Gasteiger partial charge in [-0.2, -0.15) is 5.26 Å². The van der Waals surface area contributed by atoms with E-state index in [1.54, 1.807) is 31.2 Å². The van der Waals surface area contributed by atoms with Gasteiger partial charge in [-0.3, -0.25) is 10.1 Å². The molecule has 0 fully saturated rings. The summed E-state index contributed by atoms with van der Waals surface area (Å²) in [6.07, 6.45) is -0.698. The number of carbonyl (C=O) groups excluding carboxylic acids is 1. The molecule has 0 radical (unpaired) electrons. The average molecular weight is 323 g/mol. The van der Waals surface area contributed by atoms with E-state index in [1.165, 1.54) is 11.3 Å². The Morgan fingerprint density at radius 2 is 2.13 bits per heavy atom. The van der Waals surface area contributed by atoms with Gasteiger partial charge in [-0.05, 0) is 37.3 Å². The molecule has 1 heterocycles. The second kappa shape index (κ2) is 6.46. The Balaban J connectivity index is 1.68. The highest BCUT2D eigenvalue weighted by Crippen LogP contribution is 2.25. The van der Waals surface area contributed by atoms with Gasteiger partial charge in [-0.15, -0.1) is 0 Å². The third kappa shape index (κ3) is 3.47. The Hall–Kier alpha value is -2.91. The number of fused-ring (bicyclic) bond motifs is 1. The number of hydrogen-bond donors (Lipinski definition) is 1. The van der Waals surface area contributed by atoms with E-state index in [0.717, 1.165) is 10.2 Å². The van der Waals surface area contributed by atoms with Gasteiger partial charge >= 0.3 is 0 Å². The lowest BCUT2D eigenvalue weighted by Crippen LogP contribution is -2.30. The quantitative estimate of drug-likeness (QED) is 0.796. The molecule has 23 heavy (non-hydrogen) atoms. The minimum Gasteiger partial charge on any atom is -0.481 e. The first-order valence-corrected chi connectivity index (χ1v) is 7.80. The van der Waals surface area contributed by atoms with Crippen LogP contribution < -0.4 is 10.1 Å². The fraction of sp³-hybridized carbons (Fsp3) is 0.118. The van der Waals surface area contributed by atoms with Crippen molar-refractivity contribution >= 4 is 32.6 Å². The minimum absolute atomic E-state index is 0.286. The number of carbonyl (C=O) groups is 1. The number of nitrogens with one attached hydrogen (secondary N) is 1. The van der Waals surface area contributed by atoms with Crippen LogP contribution in [0.2, 0.25) is 0 Å². The first-order valence-electron chi connectivity index (χ1n) is 6.99. The Morgan fingerprint density at radius 3 is 2.91 bits per heavy atom. The number of hydrogen-bond acceptors (Lipinski definition) is 5. The number of anilines is 1. The van der Waals surface area contributed by atoms with Gasteiger partial charge in [0.05, 0.1) is 21.8 Å². The van der Waals surface area contributed by atoms with Crippen LogP contribution in [0.3, 0.4) is 0 Å². The molecule has 6 heteroatoms. The maximum absolute atomic E-state index is 12.2. The first-order chi connectivity index (χ1) is 11.2. The van der Waals surface area contributed by atoms with Gasteiger partial charge in [0.1, 0.15) is 5.75 Å². The molecular formula is C17H13N3O2S. The van der Waals surface area contributed by atoms with Crippen LogP contribution in [0, 0.1) is 11.3 Å². The molecule has 3 aromatic rings. The van der Waals surface area contributed by atoms with Crippen molar-refractivity contribution in [2.24, 2.45) is 0 Å². The van der Waals surface area contributed by atoms with Gasteiger partial charge in [-0.1, -0.05) is 29.5 Å². The molecule has 0 aliphatic carbocycles. The molecule has 1 aromatic heterocycles. The van der Waals surface area contributed by atoms with Crippen LogP contribution in [0.25, 0.3) is 10.2 Å². The average Bonchev–Trinajstić information content (AvgIpc) is 2.97. The molecule has 3 rings (SSSR count). The van der Waals surface area contributed by atoms with Crippen molar-refractivity contribution in [1.29, 1.82) is 5.26 Å². The van der Waals surface area contributed by atoms with Gasteiger partial charge < -0.3 is 4.74 Å². The number of para-hydroxylation sites is 1. The second-order valence-electron chi connectivity index (χ2n) is 4.88. The number of aromatic nitrogens is 1. The van der Waals surface area contributed by atoms with E-state index in [2.05, 4.69) is 10.3 Å². The van der Waals surface area contributed by atoms with Crippen molar-refractivity contribution in [3.8, 4) is 11.8 Å². The highest BCUT2D eigenvalue weighted by Gasteiger charge is 2.16. The van der Waals surface area contributed by atoms with Crippen LogP contribution >= 0.6 is 11.3 Å². The number of nitriles is 1. The lowest BCUT2D eigenvalue weighted by molar-refractivity contribution is -0.122. The van der Waals surface area contributed by atoms with E-state index < -0.39 is 6.10 Å². The van der Waals surface area contributed by atoms with E-state index in [0.29, 0.717) is 16.4 Å². The zero-order valence-corrected chi connectivity index (χ0v) is 13.1. The molecule has 1 atom stereocenters. The molecule has 2 aromatic carbocycles. The number of rotatable bonds is 4. The zero-order valence-electron chi connectivity index (χ0n) is 12.3. The fourth-order valence-electron chi connectivity index (χ4n) is 2.03. The second-order valence-corrected chi connectivity index (χ2v) is 5.91. The normalized spacial score (nSPS) is 11.7. The summed E-state index contributed by atoms with van der Waals surface area (Å²) in [7, 11) is 0. The molecule has 0 saturated heterocycles. The highest BCUT2D eigenvalue weighted by atomic mass is 32.1. The Bertz CT molecular complexity index is 865. The van der Waals surface area contributed by atoms with Gasteiger partial charge in [-0.25, -0.2) is 4.98 Å². The third-order valence-electron chi connectivity index (χ3n) is 3.17. The maximum atomic E-state index is 12.2. The maximum Gasteiger partial charge on any atom is 0.266 e. The van der Waals surface area contributed by atoms with Crippen LogP contribution in [0.5, 0.6) is 5.75 Å². The number of amides is 1. The van der Waals surface area contributed by atoms with E-state index in [1.807, 2.05) is 30.3 Å². The van der Waals surface area contributed by atoms with Gasteiger partial charge in [0.25, 0.3) is 5.91 Å². The monoisotopic (exact) mass is 323 g/mol. The molecular weight excluding hydrogens is 310 g/mol. The van der Waals surface area contributed by atoms with E-state index in [4.69, 9.17) is 10.00 Å². The number of thiazole rings is 1. The lowest BCUT2D eigenvalue weighted by Gasteiger charge is -2.13. The molecule has 0 aliphatic rings. The Kier molecular flexibility index (Phi) is 4.22. The van der Waals surface area contributed by atoms with Crippen molar-refractivity contribution in [2.45, 2.75) is 13.0 Å². The minimum atomic E-state index is -0.698. The van der Waals surface area contributed by atoms with Crippen LogP contribution in [0.4, 0.5) is 5.13 Å². The predicted molar refractivity (Wildman–Crippen MR) is 89.5 cm³/mol. The summed E-state index contributed by atoms with van der Waals surface area (Å²) in [6, 6.07) is 16.4. The molecule has 1 N–H and O–H groups in total. The number of benzene rings is 2. The lowest BCUT2D eigenvalue weighted by atomic mass is 10.2. The molecule has 0 aliphatic heterocycles. The number of nitrogens with zero attached hydrogens (tertiary/aromatic N) is 2. The van der Waals surface area contributed by atoms with Crippen LogP contribution in [-0.2, 0) is 4.79 Å². The summed E-state index contributed by atoms with van der Waals surface area (Å²) in [4.78, 5) is 16.6. The van der Waals surface area contributed by atoms with Crippen molar-refractivity contribution in [3.63, 3.8) is 0 Å². The molecule has 1 unspecified atom stereocenters. The van der Waals surface area contributed by atoms with Gasteiger partial charge in [0.15, 0.2) is 11.2 Å². The molecule has 0 spiro atoms. The standard InChI is InChI=1S/C17H13N3O2S/c1-11(22-13-6-4-5-12(9-13)10-18)16(21)20-17-19-14-7-2-3-8-15(14)23-17/h2-9,11H,1H3,(H,19,20,21). The first kappa shape index (κ1) is 15.0. The Morgan fingerprint density at radius 1 is 1.30 bits per heavy atom. The van der Waals surface area contributed by atoms with Gasteiger partial charge in [0.2, 0.25) is 0 Å². The summed E-state index contributed by atoms with van der Waals surface area (Å²) in [6.45, 7) is 1.65. The van der Waals surface area contributed by atoms with Crippen molar-refractivity contribution < 1.29 is 9.53 Å². The summed E-state index contributed by atoms with van der Waals surface area (Å²) >= 11 is 1.41. The van der Waals surface area contributed by atoms with Crippen molar-refractivity contribution in [3.05, 3.63) is 54.1 Å². The van der Waals surface area contributed by atoms with Crippen LogP contribution in [0.1, 0.15) is 12.5 Å². The summed E-state index contributed by atoms with van der Waals surface area (Å²) in [5.74, 6) is 0.197. The fourth-order valence-corrected chi connectivity index (χ4v) is 2.90. The van der Waals surface area contributed by atoms with E-state index in [-0.39, 0.29) is 5.91 Å². The molecule has 114 valence electrons. The summed E-state index contributed by atoms with van der Waals surface area (Å²) in [5, 5.41) is 12.2.